The minimum Gasteiger partial charge on any atom is -0.494 e. The zero-order valence-electron chi connectivity index (χ0n) is 18.6. The van der Waals surface area contributed by atoms with Crippen molar-refractivity contribution in [2.45, 2.75) is 44.9 Å². The Kier molecular flexibility index (Phi) is 7.73. The lowest BCUT2D eigenvalue weighted by molar-refractivity contribution is -0.126. The van der Waals surface area contributed by atoms with Crippen LogP contribution in [0.3, 0.4) is 0 Å². The number of benzene rings is 2. The molecule has 2 aromatic rings. The minimum absolute atomic E-state index is 0.00113. The maximum Gasteiger partial charge on any atom is 0.243 e. The van der Waals surface area contributed by atoms with Crippen LogP contribution in [0.2, 0.25) is 0 Å². The lowest BCUT2D eigenvalue weighted by Gasteiger charge is -2.30. The lowest BCUT2D eigenvalue weighted by Crippen LogP contribution is -2.43. The molecule has 0 atom stereocenters. The third-order valence-electron chi connectivity index (χ3n) is 5.82. The van der Waals surface area contributed by atoms with Gasteiger partial charge in [0.1, 0.15) is 5.75 Å². The molecule has 0 aromatic heterocycles. The first kappa shape index (κ1) is 23.3. The first-order chi connectivity index (χ1) is 14.8. The van der Waals surface area contributed by atoms with E-state index in [0.29, 0.717) is 44.0 Å². The van der Waals surface area contributed by atoms with E-state index >= 15 is 0 Å². The quantitative estimate of drug-likeness (QED) is 0.631. The van der Waals surface area contributed by atoms with E-state index in [9.17, 15) is 13.2 Å². The van der Waals surface area contributed by atoms with E-state index in [1.54, 1.807) is 12.1 Å². The molecule has 6 nitrogen and oxygen atoms in total. The van der Waals surface area contributed by atoms with Gasteiger partial charge < -0.3 is 10.1 Å². The molecule has 1 fully saturated rings. The average Bonchev–Trinajstić information content (AvgIpc) is 2.75. The van der Waals surface area contributed by atoms with Crippen LogP contribution in [0.15, 0.2) is 47.4 Å². The van der Waals surface area contributed by atoms with Gasteiger partial charge >= 0.3 is 0 Å². The van der Waals surface area contributed by atoms with Gasteiger partial charge in [-0.15, -0.1) is 0 Å². The normalized spacial score (nSPS) is 15.6. The zero-order valence-corrected chi connectivity index (χ0v) is 19.4. The number of amides is 1. The van der Waals surface area contributed by atoms with Crippen LogP contribution >= 0.6 is 0 Å². The summed E-state index contributed by atoms with van der Waals surface area (Å²) < 4.78 is 33.0. The molecule has 1 heterocycles. The molecule has 0 unspecified atom stereocenters. The van der Waals surface area contributed by atoms with Crippen LogP contribution in [0.25, 0.3) is 0 Å². The molecular weight excluding hydrogens is 412 g/mol. The van der Waals surface area contributed by atoms with Gasteiger partial charge in [0.2, 0.25) is 15.9 Å². The Morgan fingerprint density at radius 1 is 1.06 bits per heavy atom. The number of aryl methyl sites for hydroxylation is 3. The molecule has 1 aliphatic heterocycles. The van der Waals surface area contributed by atoms with Gasteiger partial charge in [-0.2, -0.15) is 4.31 Å². The van der Waals surface area contributed by atoms with Gasteiger partial charge in [-0.3, -0.25) is 4.79 Å². The van der Waals surface area contributed by atoms with Gasteiger partial charge in [0.05, 0.1) is 11.5 Å². The first-order valence-corrected chi connectivity index (χ1v) is 12.3. The fourth-order valence-corrected chi connectivity index (χ4v) is 5.26. The number of nitrogens with zero attached hydrogens (tertiary/aromatic N) is 1. The number of carbonyl (C=O) groups excluding carboxylic acids is 1. The molecule has 168 valence electrons. The van der Waals surface area contributed by atoms with Crippen molar-refractivity contribution in [1.82, 2.24) is 9.62 Å². The molecule has 1 aliphatic rings. The summed E-state index contributed by atoms with van der Waals surface area (Å²) in [5.74, 6) is 0.686. The Labute approximate surface area is 185 Å². The molecule has 0 spiro atoms. The van der Waals surface area contributed by atoms with Crippen molar-refractivity contribution in [2.75, 3.05) is 26.2 Å². The van der Waals surface area contributed by atoms with Crippen molar-refractivity contribution < 1.29 is 17.9 Å². The van der Waals surface area contributed by atoms with E-state index in [1.807, 2.05) is 51.1 Å². The summed E-state index contributed by atoms with van der Waals surface area (Å²) in [6.45, 7) is 7.71. The predicted octanol–water partition coefficient (Wildman–Crippen LogP) is 3.60. The molecule has 2 aromatic carbocycles. The van der Waals surface area contributed by atoms with E-state index in [-0.39, 0.29) is 11.8 Å². The number of hydrogen-bond donors (Lipinski definition) is 1. The summed E-state index contributed by atoms with van der Waals surface area (Å²) in [5.41, 5.74) is 3.18. The van der Waals surface area contributed by atoms with Gasteiger partial charge in [0, 0.05) is 25.6 Å². The van der Waals surface area contributed by atoms with E-state index in [4.69, 9.17) is 4.74 Å². The molecule has 1 amide bonds. The Morgan fingerprint density at radius 3 is 2.48 bits per heavy atom. The third-order valence-corrected chi connectivity index (χ3v) is 7.71. The lowest BCUT2D eigenvalue weighted by atomic mass is 9.97. The van der Waals surface area contributed by atoms with Gasteiger partial charge in [0.25, 0.3) is 0 Å². The molecule has 0 saturated carbocycles. The van der Waals surface area contributed by atoms with E-state index in [1.165, 1.54) is 4.31 Å². The van der Waals surface area contributed by atoms with Crippen LogP contribution in [0, 0.1) is 26.7 Å². The molecule has 1 N–H and O–H groups in total. The summed E-state index contributed by atoms with van der Waals surface area (Å²) in [6, 6.07) is 13.1. The highest BCUT2D eigenvalue weighted by molar-refractivity contribution is 7.89. The Bertz CT molecular complexity index is 1010. The topological polar surface area (TPSA) is 75.7 Å². The molecule has 31 heavy (non-hydrogen) atoms. The van der Waals surface area contributed by atoms with E-state index in [0.717, 1.165) is 28.9 Å². The maximum absolute atomic E-state index is 12.9. The first-order valence-electron chi connectivity index (χ1n) is 10.8. The summed E-state index contributed by atoms with van der Waals surface area (Å²) in [7, 11) is -3.52. The van der Waals surface area contributed by atoms with Crippen LogP contribution < -0.4 is 10.1 Å². The smallest absolute Gasteiger partial charge is 0.243 e. The highest BCUT2D eigenvalue weighted by atomic mass is 32.2. The van der Waals surface area contributed by atoms with Crippen LogP contribution in [-0.4, -0.2) is 44.9 Å². The molecule has 1 saturated heterocycles. The number of carbonyl (C=O) groups is 1. The van der Waals surface area contributed by atoms with Crippen molar-refractivity contribution in [3.8, 4) is 5.75 Å². The number of ether oxygens (including phenoxy) is 1. The second kappa shape index (κ2) is 10.3. The fourth-order valence-electron chi connectivity index (χ4n) is 3.71. The van der Waals surface area contributed by atoms with Gasteiger partial charge in [-0.1, -0.05) is 18.2 Å². The van der Waals surface area contributed by atoms with Crippen molar-refractivity contribution >= 4 is 15.9 Å². The zero-order chi connectivity index (χ0) is 22.4. The SMILES string of the molecule is Cc1cccc(OCCCNC(=O)C2CCN(S(=O)(=O)c3ccc(C)c(C)c3)CC2)c1. The second-order valence-corrected chi connectivity index (χ2v) is 10.2. The number of hydrogen-bond acceptors (Lipinski definition) is 4. The van der Waals surface area contributed by atoms with Crippen molar-refractivity contribution in [1.29, 1.82) is 0 Å². The number of nitrogens with one attached hydrogen (secondary N) is 1. The molecule has 3 rings (SSSR count). The van der Waals surface area contributed by atoms with Crippen LogP contribution in [0.1, 0.15) is 36.0 Å². The highest BCUT2D eigenvalue weighted by Gasteiger charge is 2.32. The minimum atomic E-state index is -3.52. The fraction of sp³-hybridized carbons (Fsp3) is 0.458. The molecule has 0 radical (unpaired) electrons. The number of piperidine rings is 1. The van der Waals surface area contributed by atoms with Crippen molar-refractivity contribution in [3.63, 3.8) is 0 Å². The largest absolute Gasteiger partial charge is 0.494 e. The number of rotatable bonds is 8. The molecule has 0 aliphatic carbocycles. The van der Waals surface area contributed by atoms with E-state index < -0.39 is 10.0 Å². The summed E-state index contributed by atoms with van der Waals surface area (Å²) in [6.07, 6.45) is 1.80. The average molecular weight is 445 g/mol. The van der Waals surface area contributed by atoms with Crippen molar-refractivity contribution in [2.24, 2.45) is 5.92 Å². The van der Waals surface area contributed by atoms with Gasteiger partial charge in [0.15, 0.2) is 0 Å². The van der Waals surface area contributed by atoms with Crippen LogP contribution in [0.5, 0.6) is 5.75 Å². The van der Waals surface area contributed by atoms with Crippen molar-refractivity contribution in [3.05, 3.63) is 59.2 Å². The van der Waals surface area contributed by atoms with Crippen LogP contribution in [0.4, 0.5) is 0 Å². The van der Waals surface area contributed by atoms with E-state index in [2.05, 4.69) is 5.32 Å². The van der Waals surface area contributed by atoms with Gasteiger partial charge in [-0.25, -0.2) is 8.42 Å². The Balaban J connectivity index is 1.41. The molecule has 0 bridgehead atoms. The molecular formula is C24H32N2O4S. The predicted molar refractivity (Wildman–Crippen MR) is 122 cm³/mol. The summed E-state index contributed by atoms with van der Waals surface area (Å²) >= 11 is 0. The monoisotopic (exact) mass is 444 g/mol. The standard InChI is InChI=1S/C24H32N2O4S/c1-18-6-4-7-22(16-18)30-15-5-12-25-24(27)21-10-13-26(14-11-21)31(28,29)23-9-8-19(2)20(3)17-23/h4,6-9,16-17,21H,5,10-15H2,1-3H3,(H,25,27). The summed E-state index contributed by atoms with van der Waals surface area (Å²) in [5, 5.41) is 2.96. The van der Waals surface area contributed by atoms with Crippen LogP contribution in [-0.2, 0) is 14.8 Å². The second-order valence-electron chi connectivity index (χ2n) is 8.23. The number of sulfonamides is 1. The van der Waals surface area contributed by atoms with Gasteiger partial charge in [-0.05, 0) is 81.0 Å². The third kappa shape index (κ3) is 6.08. The maximum atomic E-state index is 12.9. The summed E-state index contributed by atoms with van der Waals surface area (Å²) in [4.78, 5) is 12.8. The highest BCUT2D eigenvalue weighted by Crippen LogP contribution is 2.25. The molecule has 7 heteroatoms. The Hall–Kier alpha value is -2.38. The Morgan fingerprint density at radius 2 is 1.81 bits per heavy atom.